The Morgan fingerprint density at radius 1 is 1.20 bits per heavy atom. The zero-order valence-electron chi connectivity index (χ0n) is 22.7. The van der Waals surface area contributed by atoms with E-state index in [9.17, 15) is 19.4 Å². The third-order valence-electron chi connectivity index (χ3n) is 7.65. The fraction of sp³-hybridized carbons (Fsp3) is 0.524. The average molecular weight is 704 g/mol. The van der Waals surface area contributed by atoms with Gasteiger partial charge in [-0.15, -0.1) is 4.52 Å². The number of H-pyrrole nitrogens is 1. The summed E-state index contributed by atoms with van der Waals surface area (Å²) in [7, 11) is -2.23. The fourth-order valence-electron chi connectivity index (χ4n) is 5.63. The number of aromatic amines is 1. The van der Waals surface area contributed by atoms with Crippen LogP contribution in [0.2, 0.25) is 0 Å². The van der Waals surface area contributed by atoms with E-state index in [0.717, 1.165) is 0 Å². The number of nitrogens with zero attached hydrogens (tertiary/aromatic N) is 7. The first-order valence-electron chi connectivity index (χ1n) is 13.2. The second-order valence-electron chi connectivity index (χ2n) is 10.5. The normalized spacial score (nSPS) is 31.2. The number of nitrogens with one attached hydrogen (secondary N) is 1. The summed E-state index contributed by atoms with van der Waals surface area (Å²) in [5, 5.41) is 11.1. The minimum atomic E-state index is -4.08. The Hall–Kier alpha value is -2.72. The van der Waals surface area contributed by atoms with Crippen molar-refractivity contribution in [3.63, 3.8) is 0 Å². The second-order valence-corrected chi connectivity index (χ2v) is 15.0. The van der Waals surface area contributed by atoms with Gasteiger partial charge in [0.2, 0.25) is 5.95 Å². The summed E-state index contributed by atoms with van der Waals surface area (Å²) in [5.74, 6) is 0.0216. The molecule has 2 unspecified atom stereocenters. The average Bonchev–Trinajstić information content (AvgIpc) is 3.79. The number of anilines is 2. The van der Waals surface area contributed by atoms with Crippen molar-refractivity contribution < 1.29 is 42.3 Å². The van der Waals surface area contributed by atoms with Crippen LogP contribution in [0.3, 0.4) is 0 Å². The number of aliphatic hydroxyl groups excluding tert-OH is 1. The highest BCUT2D eigenvalue weighted by Gasteiger charge is 2.62. The number of aliphatic hydroxyl groups is 1. The quantitative estimate of drug-likeness (QED) is 0.0910. The monoisotopic (exact) mass is 703 g/mol. The third kappa shape index (κ3) is 5.53. The van der Waals surface area contributed by atoms with Crippen molar-refractivity contribution in [1.82, 2.24) is 39.0 Å². The van der Waals surface area contributed by atoms with Gasteiger partial charge in [0.05, 0.1) is 32.0 Å². The topological polar surface area (TPSA) is 272 Å². The van der Waals surface area contributed by atoms with E-state index in [2.05, 4.69) is 42.2 Å². The van der Waals surface area contributed by atoms with E-state index in [4.69, 9.17) is 51.1 Å². The molecule has 0 spiro atoms. The van der Waals surface area contributed by atoms with E-state index in [1.165, 1.54) is 23.5 Å². The van der Waals surface area contributed by atoms with E-state index in [-0.39, 0.29) is 42.6 Å². The molecule has 3 saturated heterocycles. The van der Waals surface area contributed by atoms with Gasteiger partial charge < -0.3 is 44.7 Å². The summed E-state index contributed by atoms with van der Waals surface area (Å²) < 4.78 is 49.3. The lowest BCUT2D eigenvalue weighted by molar-refractivity contribution is -0.183. The summed E-state index contributed by atoms with van der Waals surface area (Å²) in [4.78, 5) is 46.5. The van der Waals surface area contributed by atoms with Crippen molar-refractivity contribution >= 4 is 72.1 Å². The second kappa shape index (κ2) is 11.5. The van der Waals surface area contributed by atoms with E-state index >= 15 is 0 Å². The maximum Gasteiger partial charge on any atom is 0.582 e. The minimum absolute atomic E-state index is 0.0130. The lowest BCUT2D eigenvalue weighted by atomic mass is 10.0. The molecule has 0 amide bonds. The predicted octanol–water partition coefficient (Wildman–Crippen LogP) is -0.339. The number of nitrogens with two attached hydrogens (primary N) is 2. The summed E-state index contributed by atoms with van der Waals surface area (Å²) in [5.41, 5.74) is 10.5. The van der Waals surface area contributed by atoms with E-state index in [1.54, 1.807) is 4.57 Å². The molecular weight excluding hydrogens is 678 g/mol. The number of imidazole rings is 2. The molecule has 3 fully saturated rings. The van der Waals surface area contributed by atoms with Crippen LogP contribution in [0.4, 0.5) is 11.8 Å². The number of fused-ring (bicyclic) bond motifs is 4. The molecule has 2 bridgehead atoms. The van der Waals surface area contributed by atoms with Gasteiger partial charge in [-0.1, -0.05) is 0 Å². The molecule has 24 heteroatoms. The first-order valence-corrected chi connectivity index (χ1v) is 18.1. The van der Waals surface area contributed by atoms with Crippen molar-refractivity contribution in [2.45, 2.75) is 48.9 Å². The number of aromatic nitrogens is 8. The lowest BCUT2D eigenvalue weighted by Gasteiger charge is -2.32. The van der Waals surface area contributed by atoms with Crippen molar-refractivity contribution in [2.24, 2.45) is 0 Å². The molecule has 0 aliphatic carbocycles. The first kappa shape index (κ1) is 30.9. The predicted molar refractivity (Wildman–Crippen MR) is 159 cm³/mol. The molecule has 3 aliphatic heterocycles. The fourth-order valence-corrected chi connectivity index (χ4v) is 7.59. The minimum Gasteiger partial charge on any atom is -0.387 e. The maximum absolute atomic E-state index is 12.3. The van der Waals surface area contributed by atoms with E-state index < -0.39 is 68.6 Å². The Balaban J connectivity index is 1.10. The smallest absolute Gasteiger partial charge is 0.387 e. The largest absolute Gasteiger partial charge is 0.582 e. The number of rotatable bonds is 10. The van der Waals surface area contributed by atoms with Crippen molar-refractivity contribution in [2.75, 3.05) is 31.3 Å². The molecule has 20 nitrogen and oxygen atoms in total. The maximum atomic E-state index is 12.3. The van der Waals surface area contributed by atoms with Crippen LogP contribution in [0, 0.1) is 0 Å². The lowest BCUT2D eigenvalue weighted by Crippen LogP contribution is -2.44. The van der Waals surface area contributed by atoms with Gasteiger partial charge >= 0.3 is 13.9 Å². The highest BCUT2D eigenvalue weighted by molar-refractivity contribution is 8.39. The third-order valence-corrected chi connectivity index (χ3v) is 9.93. The Labute approximate surface area is 262 Å². The summed E-state index contributed by atoms with van der Waals surface area (Å²) in [6.07, 6.45) is -1.42. The number of hydrogen-bond donors (Lipinski definition) is 6. The zero-order valence-corrected chi connectivity index (χ0v) is 26.2. The van der Waals surface area contributed by atoms with Crippen LogP contribution in [-0.2, 0) is 44.2 Å². The van der Waals surface area contributed by atoms with E-state index in [0.29, 0.717) is 11.2 Å². The van der Waals surface area contributed by atoms with Crippen LogP contribution in [0.25, 0.3) is 22.3 Å². The van der Waals surface area contributed by atoms with Crippen LogP contribution in [0.5, 0.6) is 0 Å². The number of nitrogen functional groups attached to an aromatic ring is 2. The van der Waals surface area contributed by atoms with Gasteiger partial charge in [-0.05, 0) is 16.4 Å². The molecule has 0 radical (unpaired) electrons. The zero-order chi connectivity index (χ0) is 31.7. The van der Waals surface area contributed by atoms with Crippen LogP contribution in [0.1, 0.15) is 18.9 Å². The van der Waals surface area contributed by atoms with Crippen LogP contribution in [0.15, 0.2) is 23.8 Å². The molecule has 45 heavy (non-hydrogen) atoms. The highest BCUT2D eigenvalue weighted by Crippen LogP contribution is 2.53. The van der Waals surface area contributed by atoms with Crippen molar-refractivity contribution in [3.8, 4) is 0 Å². The molecule has 4 aromatic heterocycles. The number of hydrogen-bond acceptors (Lipinski definition) is 17. The Morgan fingerprint density at radius 2 is 1.96 bits per heavy atom. The Morgan fingerprint density at radius 3 is 2.73 bits per heavy atom. The standard InChI is InChI=1S/C21H24N10O10P2S2/c22-14-10-15(25-5-24-14)30(6-26-10)19-12-13(32)21(40-19,3-36-12)4-38-43(35,45)41-9-1-8(2-37-42(34)44)39-18(9)31-7-27-11-16(31)28-20(23)29-17(11)33/h5-9,12-13,18-19,32H,1-4H2,(H6-,22,23,24,25,28,29,33,34,35,44,45)/p+1/t8-,9+,12+,13-,18+,19+,21+,43?/m0/s1. The molecule has 4 aromatic rings. The first-order chi connectivity index (χ1) is 21.4. The van der Waals surface area contributed by atoms with Gasteiger partial charge in [0, 0.05) is 6.42 Å². The molecule has 9 atom stereocenters. The molecule has 7 N–H and O–H groups in total. The van der Waals surface area contributed by atoms with Crippen molar-refractivity contribution in [1.29, 1.82) is 0 Å². The van der Waals surface area contributed by atoms with Gasteiger partial charge in [-0.2, -0.15) is 4.98 Å². The SMILES string of the molecule is Nc1nc2c(ncn2[C@@H]2O[C@H](CO[P+](=O)S)C[C@H]2OP(O)(=S)OC[C@@]23CO[C@@H]([C@H](n4cnc5c(N)ncnc54)O2)[C@@H]3O)c(=O)[nH]1. The summed E-state index contributed by atoms with van der Waals surface area (Å²) in [6.45, 7) is -4.67. The van der Waals surface area contributed by atoms with Crippen LogP contribution >= 0.6 is 26.2 Å². The van der Waals surface area contributed by atoms with Crippen molar-refractivity contribution in [3.05, 3.63) is 29.3 Å². The molecule has 0 aromatic carbocycles. The molecule has 240 valence electrons. The summed E-state index contributed by atoms with van der Waals surface area (Å²) in [6, 6.07) is 0. The van der Waals surface area contributed by atoms with Gasteiger partial charge in [-0.3, -0.25) is 18.9 Å². The van der Waals surface area contributed by atoms with Gasteiger partial charge in [0.25, 0.3) is 5.56 Å². The Kier molecular flexibility index (Phi) is 7.91. The summed E-state index contributed by atoms with van der Waals surface area (Å²) >= 11 is 9.11. The Bertz CT molecular complexity index is 1910. The van der Waals surface area contributed by atoms with Gasteiger partial charge in [-0.25, -0.2) is 19.9 Å². The molecule has 0 saturated carbocycles. The molecule has 3 aliphatic rings. The molecule has 7 heterocycles. The van der Waals surface area contributed by atoms with Gasteiger partial charge in [0.1, 0.15) is 54.6 Å². The van der Waals surface area contributed by atoms with Crippen LogP contribution in [-0.4, -0.2) is 98.9 Å². The number of ether oxygens (including phenoxy) is 3. The number of thiol groups is 1. The molecular formula is C21H25N10O10P2S2+. The highest BCUT2D eigenvalue weighted by atomic mass is 32.7. The molecule has 7 rings (SSSR count). The van der Waals surface area contributed by atoms with E-state index in [1.807, 2.05) is 0 Å². The van der Waals surface area contributed by atoms with Gasteiger partial charge in [0.15, 0.2) is 35.1 Å². The van der Waals surface area contributed by atoms with Crippen LogP contribution < -0.4 is 17.0 Å².